The zero-order chi connectivity index (χ0) is 20.9. The molecule has 1 aliphatic rings. The molecule has 0 saturated carbocycles. The highest BCUT2D eigenvalue weighted by Crippen LogP contribution is 2.24. The molecule has 1 fully saturated rings. The standard InChI is InChI=1S/C20H21N7O3/c1-30-20(29)14-4-6-16(7-5-14)25-19(28)15-3-2-8-26(10-15)17-9-18(23-12-22-17)27-13-21-11-24-27/h4-7,9,11-13,15H,2-3,8,10H2,1H3,(H,25,28). The fourth-order valence-electron chi connectivity index (χ4n) is 3.41. The monoisotopic (exact) mass is 407 g/mol. The summed E-state index contributed by atoms with van der Waals surface area (Å²) in [5.41, 5.74) is 1.08. The Balaban J connectivity index is 1.42. The van der Waals surface area contributed by atoms with Crippen molar-refractivity contribution in [2.45, 2.75) is 12.8 Å². The molecule has 1 atom stereocenters. The molecule has 154 valence electrons. The van der Waals surface area contributed by atoms with Gasteiger partial charge >= 0.3 is 5.97 Å². The summed E-state index contributed by atoms with van der Waals surface area (Å²) in [7, 11) is 1.33. The molecule has 2 aromatic heterocycles. The first kappa shape index (κ1) is 19.5. The summed E-state index contributed by atoms with van der Waals surface area (Å²) >= 11 is 0. The van der Waals surface area contributed by atoms with Gasteiger partial charge in [-0.25, -0.2) is 24.4 Å². The van der Waals surface area contributed by atoms with Gasteiger partial charge in [0.25, 0.3) is 0 Å². The van der Waals surface area contributed by atoms with Gasteiger partial charge in [0, 0.05) is 24.8 Å². The van der Waals surface area contributed by atoms with Gasteiger partial charge in [0.15, 0.2) is 5.82 Å². The third-order valence-corrected chi connectivity index (χ3v) is 4.98. The highest BCUT2D eigenvalue weighted by molar-refractivity contribution is 5.94. The van der Waals surface area contributed by atoms with Crippen LogP contribution >= 0.6 is 0 Å². The first-order chi connectivity index (χ1) is 14.6. The van der Waals surface area contributed by atoms with Crippen molar-refractivity contribution >= 4 is 23.4 Å². The first-order valence-electron chi connectivity index (χ1n) is 9.55. The van der Waals surface area contributed by atoms with Crippen LogP contribution in [0.1, 0.15) is 23.2 Å². The van der Waals surface area contributed by atoms with E-state index in [0.717, 1.165) is 25.2 Å². The number of ether oxygens (including phenoxy) is 1. The lowest BCUT2D eigenvalue weighted by atomic mass is 9.97. The average molecular weight is 407 g/mol. The lowest BCUT2D eigenvalue weighted by Gasteiger charge is -2.32. The zero-order valence-electron chi connectivity index (χ0n) is 16.4. The van der Waals surface area contributed by atoms with E-state index in [1.807, 2.05) is 6.07 Å². The molecular weight excluding hydrogens is 386 g/mol. The number of hydrogen-bond acceptors (Lipinski definition) is 8. The number of anilines is 2. The fourth-order valence-corrected chi connectivity index (χ4v) is 3.41. The third-order valence-electron chi connectivity index (χ3n) is 4.98. The number of nitrogens with zero attached hydrogens (tertiary/aromatic N) is 6. The first-order valence-corrected chi connectivity index (χ1v) is 9.55. The number of esters is 1. The van der Waals surface area contributed by atoms with E-state index in [1.54, 1.807) is 35.3 Å². The zero-order valence-corrected chi connectivity index (χ0v) is 16.4. The quantitative estimate of drug-likeness (QED) is 0.636. The van der Waals surface area contributed by atoms with Crippen LogP contribution in [0.3, 0.4) is 0 Å². The average Bonchev–Trinajstić information content (AvgIpc) is 3.34. The minimum atomic E-state index is -0.411. The molecule has 0 radical (unpaired) electrons. The summed E-state index contributed by atoms with van der Waals surface area (Å²) in [4.78, 5) is 38.9. The number of piperidine rings is 1. The predicted molar refractivity (Wildman–Crippen MR) is 108 cm³/mol. The van der Waals surface area contributed by atoms with Crippen molar-refractivity contribution in [2.75, 3.05) is 30.4 Å². The van der Waals surface area contributed by atoms with Crippen molar-refractivity contribution in [2.24, 2.45) is 5.92 Å². The number of methoxy groups -OCH3 is 1. The molecule has 3 aromatic rings. The van der Waals surface area contributed by atoms with Crippen molar-refractivity contribution in [1.82, 2.24) is 24.7 Å². The van der Waals surface area contributed by atoms with E-state index < -0.39 is 5.97 Å². The molecule has 0 spiro atoms. The number of nitrogens with one attached hydrogen (secondary N) is 1. The number of hydrogen-bond donors (Lipinski definition) is 1. The molecule has 1 amide bonds. The van der Waals surface area contributed by atoms with E-state index in [9.17, 15) is 9.59 Å². The van der Waals surface area contributed by atoms with Crippen molar-refractivity contribution in [1.29, 1.82) is 0 Å². The largest absolute Gasteiger partial charge is 0.465 e. The second-order valence-corrected chi connectivity index (χ2v) is 6.92. The molecule has 30 heavy (non-hydrogen) atoms. The Morgan fingerprint density at radius 2 is 1.93 bits per heavy atom. The van der Waals surface area contributed by atoms with Gasteiger partial charge in [-0.05, 0) is 37.1 Å². The van der Waals surface area contributed by atoms with E-state index in [-0.39, 0.29) is 11.8 Å². The molecule has 1 saturated heterocycles. The van der Waals surface area contributed by atoms with E-state index in [4.69, 9.17) is 0 Å². The van der Waals surface area contributed by atoms with Gasteiger partial charge in [0.2, 0.25) is 5.91 Å². The van der Waals surface area contributed by atoms with Crippen LogP contribution in [-0.2, 0) is 9.53 Å². The second-order valence-electron chi connectivity index (χ2n) is 6.92. The Morgan fingerprint density at radius 3 is 2.67 bits per heavy atom. The molecule has 3 heterocycles. The van der Waals surface area contributed by atoms with Gasteiger partial charge in [0.05, 0.1) is 18.6 Å². The maximum absolute atomic E-state index is 12.8. The van der Waals surface area contributed by atoms with Crippen LogP contribution in [0.15, 0.2) is 49.3 Å². The smallest absolute Gasteiger partial charge is 0.337 e. The lowest BCUT2D eigenvalue weighted by molar-refractivity contribution is -0.120. The normalized spacial score (nSPS) is 16.2. The molecule has 0 aliphatic carbocycles. The maximum atomic E-state index is 12.8. The molecule has 4 rings (SSSR count). The third kappa shape index (κ3) is 4.27. The summed E-state index contributed by atoms with van der Waals surface area (Å²) in [6.07, 6.45) is 6.18. The highest BCUT2D eigenvalue weighted by Gasteiger charge is 2.27. The van der Waals surface area contributed by atoms with Gasteiger partial charge in [-0.1, -0.05) is 0 Å². The van der Waals surface area contributed by atoms with Crippen molar-refractivity contribution in [3.63, 3.8) is 0 Å². The SMILES string of the molecule is COC(=O)c1ccc(NC(=O)C2CCCN(c3cc(-n4cncn4)ncn3)C2)cc1. The van der Waals surface area contributed by atoms with Crippen molar-refractivity contribution in [3.05, 3.63) is 54.9 Å². The number of aromatic nitrogens is 5. The summed E-state index contributed by atoms with van der Waals surface area (Å²) in [6.45, 7) is 1.37. The molecule has 1 unspecified atom stereocenters. The molecule has 10 nitrogen and oxygen atoms in total. The second kappa shape index (κ2) is 8.68. The Morgan fingerprint density at radius 1 is 1.13 bits per heavy atom. The molecule has 10 heteroatoms. The van der Waals surface area contributed by atoms with Crippen LogP contribution in [0.5, 0.6) is 0 Å². The van der Waals surface area contributed by atoms with Gasteiger partial charge in [-0.3, -0.25) is 4.79 Å². The number of amides is 1. The van der Waals surface area contributed by atoms with E-state index in [0.29, 0.717) is 23.6 Å². The van der Waals surface area contributed by atoms with E-state index in [2.05, 4.69) is 35.0 Å². The summed E-state index contributed by atoms with van der Waals surface area (Å²) in [5.74, 6) is 0.719. The van der Waals surface area contributed by atoms with Crippen LogP contribution in [0.25, 0.3) is 5.82 Å². The van der Waals surface area contributed by atoms with Crippen LogP contribution in [-0.4, -0.2) is 56.8 Å². The number of benzene rings is 1. The maximum Gasteiger partial charge on any atom is 0.337 e. The number of rotatable bonds is 5. The molecule has 1 aromatic carbocycles. The van der Waals surface area contributed by atoms with Crippen LogP contribution in [0.2, 0.25) is 0 Å². The van der Waals surface area contributed by atoms with Gasteiger partial charge in [-0.2, -0.15) is 5.10 Å². The molecule has 1 aliphatic heterocycles. The minimum Gasteiger partial charge on any atom is -0.465 e. The summed E-state index contributed by atoms with van der Waals surface area (Å²) in [5, 5.41) is 7.02. The lowest BCUT2D eigenvalue weighted by Crippen LogP contribution is -2.41. The van der Waals surface area contributed by atoms with Gasteiger partial charge in [0.1, 0.15) is 24.8 Å². The molecule has 0 bridgehead atoms. The predicted octanol–water partition coefficient (Wildman–Crippen LogP) is 1.70. The Hall–Kier alpha value is -3.82. The Labute approximate surface area is 172 Å². The van der Waals surface area contributed by atoms with Gasteiger partial charge < -0.3 is 15.0 Å². The van der Waals surface area contributed by atoms with Crippen LogP contribution < -0.4 is 10.2 Å². The minimum absolute atomic E-state index is 0.0592. The van der Waals surface area contributed by atoms with E-state index >= 15 is 0 Å². The summed E-state index contributed by atoms with van der Waals surface area (Å²) in [6, 6.07) is 8.47. The topological polar surface area (TPSA) is 115 Å². The Bertz CT molecular complexity index is 1020. The number of carbonyl (C=O) groups excluding carboxylic acids is 2. The van der Waals surface area contributed by atoms with E-state index in [1.165, 1.54) is 19.8 Å². The highest BCUT2D eigenvalue weighted by atomic mass is 16.5. The van der Waals surface area contributed by atoms with Crippen LogP contribution in [0.4, 0.5) is 11.5 Å². The van der Waals surface area contributed by atoms with Crippen LogP contribution in [0, 0.1) is 5.92 Å². The number of carbonyl (C=O) groups is 2. The fraction of sp³-hybridized carbons (Fsp3) is 0.300. The molecule has 1 N–H and O–H groups in total. The van der Waals surface area contributed by atoms with Crippen molar-refractivity contribution in [3.8, 4) is 5.82 Å². The van der Waals surface area contributed by atoms with Crippen molar-refractivity contribution < 1.29 is 14.3 Å². The summed E-state index contributed by atoms with van der Waals surface area (Å²) < 4.78 is 6.25. The Kier molecular flexibility index (Phi) is 5.64. The van der Waals surface area contributed by atoms with Gasteiger partial charge in [-0.15, -0.1) is 0 Å². The molecular formula is C20H21N7O3.